The highest BCUT2D eigenvalue weighted by Crippen LogP contribution is 2.17. The van der Waals surface area contributed by atoms with Crippen molar-refractivity contribution in [2.75, 3.05) is 13.2 Å². The van der Waals surface area contributed by atoms with Crippen LogP contribution in [0.5, 0.6) is 0 Å². The molecule has 0 aromatic heterocycles. The summed E-state index contributed by atoms with van der Waals surface area (Å²) in [6.07, 6.45) is 53.3. The highest BCUT2D eigenvalue weighted by atomic mass is 16.5. The van der Waals surface area contributed by atoms with E-state index in [-0.39, 0.29) is 18.5 Å². The van der Waals surface area contributed by atoms with Crippen molar-refractivity contribution in [1.82, 2.24) is 5.32 Å². The molecule has 2 atom stereocenters. The summed E-state index contributed by atoms with van der Waals surface area (Å²) in [7, 11) is 0. The number of carbonyl (C=O) groups is 2. The van der Waals surface area contributed by atoms with Crippen LogP contribution >= 0.6 is 0 Å². The molecule has 1 amide bonds. The van der Waals surface area contributed by atoms with Crippen LogP contribution in [-0.4, -0.2) is 47.4 Å². The molecule has 0 rings (SSSR count). The highest BCUT2D eigenvalue weighted by molar-refractivity contribution is 5.76. The van der Waals surface area contributed by atoms with Crippen LogP contribution in [0, 0.1) is 0 Å². The van der Waals surface area contributed by atoms with Crippen LogP contribution in [-0.2, 0) is 14.3 Å². The number of rotatable bonds is 47. The number of hydrogen-bond donors (Lipinski definition) is 3. The van der Waals surface area contributed by atoms with Gasteiger partial charge >= 0.3 is 5.97 Å². The molecular weight excluding hydrogens is 707 g/mol. The van der Waals surface area contributed by atoms with Crippen molar-refractivity contribution in [2.45, 2.75) is 289 Å². The van der Waals surface area contributed by atoms with Gasteiger partial charge < -0.3 is 20.3 Å². The van der Waals surface area contributed by atoms with Crippen LogP contribution in [0.15, 0.2) is 12.2 Å². The molecule has 2 unspecified atom stereocenters. The number of aliphatic hydroxyl groups is 2. The largest absolute Gasteiger partial charge is 0.466 e. The molecule has 6 nitrogen and oxygen atoms in total. The number of carbonyl (C=O) groups excluding carboxylic acids is 2. The Morgan fingerprint density at radius 1 is 0.474 bits per heavy atom. The Morgan fingerprint density at radius 2 is 0.842 bits per heavy atom. The van der Waals surface area contributed by atoms with Gasteiger partial charge in [0.05, 0.1) is 25.4 Å². The van der Waals surface area contributed by atoms with Gasteiger partial charge in [-0.15, -0.1) is 0 Å². The molecule has 0 bridgehead atoms. The second kappa shape index (κ2) is 47.3. The van der Waals surface area contributed by atoms with Gasteiger partial charge in [0, 0.05) is 12.8 Å². The first-order valence-electron chi connectivity index (χ1n) is 25.4. The maximum Gasteiger partial charge on any atom is 0.305 e. The van der Waals surface area contributed by atoms with E-state index in [0.29, 0.717) is 25.9 Å². The number of allylic oxidation sites excluding steroid dienone is 2. The average molecular weight is 806 g/mol. The summed E-state index contributed by atoms with van der Waals surface area (Å²) in [5, 5.41) is 23.1. The second-order valence-corrected chi connectivity index (χ2v) is 17.5. The van der Waals surface area contributed by atoms with Crippen molar-refractivity contribution in [3.63, 3.8) is 0 Å². The number of unbranched alkanes of at least 4 members (excludes halogenated alkanes) is 34. The van der Waals surface area contributed by atoms with Gasteiger partial charge in [-0.3, -0.25) is 9.59 Å². The fourth-order valence-electron chi connectivity index (χ4n) is 7.86. The summed E-state index contributed by atoms with van der Waals surface area (Å²) >= 11 is 0. The fraction of sp³-hybridized carbons (Fsp3) is 0.922. The minimum absolute atomic E-state index is 0.00222. The molecule has 0 aliphatic rings. The number of nitrogens with one attached hydrogen (secondary N) is 1. The van der Waals surface area contributed by atoms with Crippen LogP contribution in [0.25, 0.3) is 0 Å². The first-order valence-corrected chi connectivity index (χ1v) is 25.4. The van der Waals surface area contributed by atoms with Crippen molar-refractivity contribution < 1.29 is 24.5 Å². The molecule has 0 aromatic rings. The molecule has 338 valence electrons. The zero-order valence-electron chi connectivity index (χ0n) is 38.3. The Bertz CT molecular complexity index is 847. The monoisotopic (exact) mass is 806 g/mol. The first-order chi connectivity index (χ1) is 28.0. The van der Waals surface area contributed by atoms with Gasteiger partial charge in [0.15, 0.2) is 0 Å². The van der Waals surface area contributed by atoms with Gasteiger partial charge in [-0.05, 0) is 44.9 Å². The summed E-state index contributed by atoms with van der Waals surface area (Å²) in [5.41, 5.74) is 0. The molecule has 0 aromatic carbocycles. The zero-order chi connectivity index (χ0) is 41.5. The van der Waals surface area contributed by atoms with E-state index in [1.807, 2.05) is 0 Å². The molecule has 0 aliphatic carbocycles. The minimum atomic E-state index is -0.663. The quantitative estimate of drug-likeness (QED) is 0.0323. The third kappa shape index (κ3) is 44.0. The molecule has 6 heteroatoms. The van der Waals surface area contributed by atoms with Gasteiger partial charge in [-0.2, -0.15) is 0 Å². The van der Waals surface area contributed by atoms with Gasteiger partial charge in [-0.25, -0.2) is 0 Å². The van der Waals surface area contributed by atoms with Crippen molar-refractivity contribution >= 4 is 11.9 Å². The Labute approximate surface area is 355 Å². The molecule has 0 aliphatic heterocycles. The summed E-state index contributed by atoms with van der Waals surface area (Å²) < 4.78 is 5.45. The average Bonchev–Trinajstić information content (AvgIpc) is 3.21. The number of esters is 1. The third-order valence-corrected chi connectivity index (χ3v) is 11.8. The van der Waals surface area contributed by atoms with E-state index in [9.17, 15) is 19.8 Å². The van der Waals surface area contributed by atoms with Gasteiger partial charge in [0.25, 0.3) is 0 Å². The Morgan fingerprint density at radius 3 is 1.30 bits per heavy atom. The molecule has 0 fully saturated rings. The maximum absolute atomic E-state index is 12.4. The van der Waals surface area contributed by atoms with E-state index in [1.54, 1.807) is 0 Å². The fourth-order valence-corrected chi connectivity index (χ4v) is 7.86. The lowest BCUT2D eigenvalue weighted by Gasteiger charge is -2.22. The van der Waals surface area contributed by atoms with Crippen LogP contribution < -0.4 is 5.32 Å². The molecular formula is C51H99NO5. The standard InChI is InChI=1S/C51H99NO5/c1-3-5-7-9-11-13-24-29-33-37-41-45-51(56)57-46-42-38-34-30-26-23-21-19-17-15-16-18-20-22-25-28-32-36-40-44-50(55)52-48(47-53)49(54)43-39-35-31-27-14-12-10-8-6-4-2/h9,11,48-49,53-54H,3-8,10,12-47H2,1-2H3,(H,52,55)/b11-9-. The van der Waals surface area contributed by atoms with Crippen molar-refractivity contribution in [1.29, 1.82) is 0 Å². The van der Waals surface area contributed by atoms with Crippen LogP contribution in [0.1, 0.15) is 277 Å². The van der Waals surface area contributed by atoms with Crippen molar-refractivity contribution in [2.24, 2.45) is 0 Å². The predicted octanol–water partition coefficient (Wildman–Crippen LogP) is 15.0. The second-order valence-electron chi connectivity index (χ2n) is 17.5. The van der Waals surface area contributed by atoms with Crippen LogP contribution in [0.3, 0.4) is 0 Å². The highest BCUT2D eigenvalue weighted by Gasteiger charge is 2.20. The maximum atomic E-state index is 12.4. The first kappa shape index (κ1) is 55.6. The van der Waals surface area contributed by atoms with E-state index >= 15 is 0 Å². The van der Waals surface area contributed by atoms with Crippen molar-refractivity contribution in [3.05, 3.63) is 12.2 Å². The summed E-state index contributed by atoms with van der Waals surface area (Å²) in [4.78, 5) is 24.4. The van der Waals surface area contributed by atoms with E-state index in [4.69, 9.17) is 4.74 Å². The van der Waals surface area contributed by atoms with Gasteiger partial charge in [0.2, 0.25) is 5.91 Å². The molecule has 0 spiro atoms. The van der Waals surface area contributed by atoms with Crippen LogP contribution in [0.2, 0.25) is 0 Å². The smallest absolute Gasteiger partial charge is 0.305 e. The number of aliphatic hydroxyl groups excluding tert-OH is 2. The Balaban J connectivity index is 3.38. The number of amides is 1. The van der Waals surface area contributed by atoms with E-state index in [0.717, 1.165) is 44.9 Å². The molecule has 3 N–H and O–H groups in total. The topological polar surface area (TPSA) is 95.9 Å². The number of ether oxygens (including phenoxy) is 1. The third-order valence-electron chi connectivity index (χ3n) is 11.8. The number of hydrogen-bond acceptors (Lipinski definition) is 5. The lowest BCUT2D eigenvalue weighted by molar-refractivity contribution is -0.143. The zero-order valence-corrected chi connectivity index (χ0v) is 38.3. The Hall–Kier alpha value is -1.40. The normalized spacial score (nSPS) is 12.7. The van der Waals surface area contributed by atoms with Gasteiger partial charge in [0.1, 0.15) is 0 Å². The summed E-state index contributed by atoms with van der Waals surface area (Å²) in [6.45, 7) is 4.89. The van der Waals surface area contributed by atoms with E-state index in [1.165, 1.54) is 199 Å². The molecule has 57 heavy (non-hydrogen) atoms. The SMILES string of the molecule is CCCC/C=C\CCCCCCCC(=O)OCCCCCCCCCCCCCCCCCCCCCC(=O)NC(CO)C(O)CCCCCCCCCCCC. The summed E-state index contributed by atoms with van der Waals surface area (Å²) in [5.74, 6) is -0.0416. The lowest BCUT2D eigenvalue weighted by atomic mass is 10.0. The van der Waals surface area contributed by atoms with Gasteiger partial charge in [-0.1, -0.05) is 231 Å². The molecule has 0 heterocycles. The van der Waals surface area contributed by atoms with E-state index < -0.39 is 12.1 Å². The predicted molar refractivity (Wildman–Crippen MR) is 246 cm³/mol. The molecule has 0 radical (unpaired) electrons. The molecule has 0 saturated carbocycles. The van der Waals surface area contributed by atoms with Crippen molar-refractivity contribution in [3.8, 4) is 0 Å². The summed E-state index contributed by atoms with van der Waals surface area (Å²) in [6, 6.07) is -0.541. The van der Waals surface area contributed by atoms with Crippen LogP contribution in [0.4, 0.5) is 0 Å². The Kier molecular flexibility index (Phi) is 46.1. The van der Waals surface area contributed by atoms with E-state index in [2.05, 4.69) is 31.3 Å². The lowest BCUT2D eigenvalue weighted by Crippen LogP contribution is -2.45. The molecule has 0 saturated heterocycles. The minimum Gasteiger partial charge on any atom is -0.466 e.